The third kappa shape index (κ3) is 8.59. The van der Waals surface area contributed by atoms with Crippen molar-refractivity contribution in [3.05, 3.63) is 42.0 Å². The zero-order valence-corrected chi connectivity index (χ0v) is 13.4. The van der Waals surface area contributed by atoms with Gasteiger partial charge in [-0.15, -0.1) is 0 Å². The third-order valence-electron chi connectivity index (χ3n) is 2.78. The summed E-state index contributed by atoms with van der Waals surface area (Å²) in [5.74, 6) is -0.710. The Bertz CT molecular complexity index is 674. The second-order valence-corrected chi connectivity index (χ2v) is 4.77. The summed E-state index contributed by atoms with van der Waals surface area (Å²) in [6.07, 6.45) is 3.30. The van der Waals surface area contributed by atoms with E-state index in [-0.39, 0.29) is 31.4 Å². The molecule has 1 rings (SSSR count). The SMILES string of the molecule is NC(=O)NCC(=O)NC/C=C/CNC(=O)c1cccc(NC(N)=O)c1. The smallest absolute Gasteiger partial charge is 0.316 e. The standard InChI is InChI=1S/C15H20N6O4/c16-14(24)20-9-12(22)18-6-1-2-7-19-13(23)10-4-3-5-11(8-10)21-15(17)25/h1-5,8H,6-7,9H2,(H,18,22)(H,19,23)(H3,16,20,24)(H3,17,21,25)/b2-1+. The number of primary amides is 2. The highest BCUT2D eigenvalue weighted by Crippen LogP contribution is 2.10. The highest BCUT2D eigenvalue weighted by atomic mass is 16.2. The molecule has 0 bridgehead atoms. The molecule has 1 aromatic carbocycles. The first-order valence-electron chi connectivity index (χ1n) is 7.28. The van der Waals surface area contributed by atoms with Crippen LogP contribution in [0.1, 0.15) is 10.4 Å². The molecule has 0 aliphatic heterocycles. The van der Waals surface area contributed by atoms with Gasteiger partial charge in [0.25, 0.3) is 5.91 Å². The number of hydrogen-bond donors (Lipinski definition) is 6. The maximum atomic E-state index is 12.0. The largest absolute Gasteiger partial charge is 0.352 e. The van der Waals surface area contributed by atoms with E-state index >= 15 is 0 Å². The van der Waals surface area contributed by atoms with Crippen molar-refractivity contribution >= 4 is 29.6 Å². The molecule has 10 nitrogen and oxygen atoms in total. The summed E-state index contributed by atoms with van der Waals surface area (Å²) in [6.45, 7) is 0.296. The lowest BCUT2D eigenvalue weighted by Gasteiger charge is -2.06. The van der Waals surface area contributed by atoms with E-state index in [1.165, 1.54) is 6.07 Å². The molecule has 0 radical (unpaired) electrons. The summed E-state index contributed by atoms with van der Waals surface area (Å²) >= 11 is 0. The van der Waals surface area contributed by atoms with Crippen LogP contribution in [0.25, 0.3) is 0 Å². The van der Waals surface area contributed by atoms with E-state index in [0.29, 0.717) is 11.3 Å². The summed E-state index contributed by atoms with van der Waals surface area (Å²) < 4.78 is 0. The summed E-state index contributed by atoms with van der Waals surface area (Å²) in [5.41, 5.74) is 10.6. The molecule has 6 amide bonds. The number of rotatable bonds is 8. The van der Waals surface area contributed by atoms with Gasteiger partial charge in [0.05, 0.1) is 6.54 Å². The average Bonchev–Trinajstić information content (AvgIpc) is 2.55. The van der Waals surface area contributed by atoms with Crippen molar-refractivity contribution < 1.29 is 19.2 Å². The number of carbonyl (C=O) groups excluding carboxylic acids is 4. The van der Waals surface area contributed by atoms with Crippen LogP contribution >= 0.6 is 0 Å². The molecular weight excluding hydrogens is 328 g/mol. The van der Waals surface area contributed by atoms with Crippen molar-refractivity contribution in [2.45, 2.75) is 0 Å². The van der Waals surface area contributed by atoms with Crippen LogP contribution in [0.2, 0.25) is 0 Å². The van der Waals surface area contributed by atoms with Crippen molar-refractivity contribution in [1.82, 2.24) is 16.0 Å². The number of nitrogens with two attached hydrogens (primary N) is 2. The van der Waals surface area contributed by atoms with Crippen LogP contribution in [0.3, 0.4) is 0 Å². The van der Waals surface area contributed by atoms with Crippen LogP contribution < -0.4 is 32.7 Å². The van der Waals surface area contributed by atoms with Gasteiger partial charge in [0.2, 0.25) is 5.91 Å². The molecule has 0 spiro atoms. The molecule has 10 heteroatoms. The highest BCUT2D eigenvalue weighted by Gasteiger charge is 2.05. The summed E-state index contributed by atoms with van der Waals surface area (Å²) in [7, 11) is 0. The van der Waals surface area contributed by atoms with Gasteiger partial charge in [-0.3, -0.25) is 9.59 Å². The topological polar surface area (TPSA) is 168 Å². The van der Waals surface area contributed by atoms with E-state index in [1.807, 2.05) is 0 Å². The molecule has 0 saturated heterocycles. The van der Waals surface area contributed by atoms with Crippen LogP contribution in [0.15, 0.2) is 36.4 Å². The third-order valence-corrected chi connectivity index (χ3v) is 2.78. The number of carbonyl (C=O) groups is 4. The molecule has 0 aromatic heterocycles. The number of anilines is 1. The zero-order valence-electron chi connectivity index (χ0n) is 13.4. The minimum Gasteiger partial charge on any atom is -0.352 e. The molecule has 0 atom stereocenters. The van der Waals surface area contributed by atoms with Gasteiger partial charge in [-0.2, -0.15) is 0 Å². The van der Waals surface area contributed by atoms with Crippen molar-refractivity contribution in [2.75, 3.05) is 25.0 Å². The van der Waals surface area contributed by atoms with Crippen LogP contribution in [0.5, 0.6) is 0 Å². The Hall–Kier alpha value is -3.56. The predicted molar refractivity (Wildman–Crippen MR) is 91.7 cm³/mol. The van der Waals surface area contributed by atoms with Crippen molar-refractivity contribution in [1.29, 1.82) is 0 Å². The quantitative estimate of drug-likeness (QED) is 0.340. The Morgan fingerprint density at radius 3 is 2.24 bits per heavy atom. The summed E-state index contributed by atoms with van der Waals surface area (Å²) in [4.78, 5) is 44.4. The zero-order chi connectivity index (χ0) is 18.7. The van der Waals surface area contributed by atoms with Gasteiger partial charge < -0.3 is 32.7 Å². The number of nitrogens with one attached hydrogen (secondary N) is 4. The minimum absolute atomic E-state index is 0.199. The number of urea groups is 2. The Labute approximate surface area is 144 Å². The summed E-state index contributed by atoms with van der Waals surface area (Å²) in [5, 5.41) is 9.72. The molecule has 0 unspecified atom stereocenters. The Morgan fingerprint density at radius 2 is 1.60 bits per heavy atom. The molecule has 8 N–H and O–H groups in total. The first-order valence-corrected chi connectivity index (χ1v) is 7.28. The van der Waals surface area contributed by atoms with Gasteiger partial charge in [-0.1, -0.05) is 18.2 Å². The van der Waals surface area contributed by atoms with Gasteiger partial charge in [0.1, 0.15) is 0 Å². The maximum Gasteiger partial charge on any atom is 0.316 e. The van der Waals surface area contributed by atoms with E-state index in [0.717, 1.165) is 0 Å². The number of benzene rings is 1. The van der Waals surface area contributed by atoms with Crippen LogP contribution in [-0.2, 0) is 4.79 Å². The van der Waals surface area contributed by atoms with Crippen LogP contribution in [0, 0.1) is 0 Å². The maximum absolute atomic E-state index is 12.0. The highest BCUT2D eigenvalue weighted by molar-refractivity contribution is 5.96. The fourth-order valence-electron chi connectivity index (χ4n) is 1.70. The van der Waals surface area contributed by atoms with Gasteiger partial charge in [0.15, 0.2) is 0 Å². The second kappa shape index (κ2) is 10.3. The molecule has 134 valence electrons. The van der Waals surface area contributed by atoms with Crippen molar-refractivity contribution in [3.8, 4) is 0 Å². The van der Waals surface area contributed by atoms with E-state index in [2.05, 4.69) is 21.3 Å². The first-order chi connectivity index (χ1) is 11.9. The van der Waals surface area contributed by atoms with Gasteiger partial charge in [-0.05, 0) is 18.2 Å². The van der Waals surface area contributed by atoms with Crippen LogP contribution in [0.4, 0.5) is 15.3 Å². The first kappa shape index (κ1) is 19.5. The van der Waals surface area contributed by atoms with E-state index in [9.17, 15) is 19.2 Å². The molecule has 1 aromatic rings. The van der Waals surface area contributed by atoms with Gasteiger partial charge in [0, 0.05) is 24.3 Å². The van der Waals surface area contributed by atoms with Gasteiger partial charge in [-0.25, -0.2) is 9.59 Å². The molecule has 0 aliphatic rings. The summed E-state index contributed by atoms with van der Waals surface area (Å²) in [6, 6.07) is 4.83. The molecule has 0 fully saturated rings. The van der Waals surface area contributed by atoms with Crippen LogP contribution in [-0.4, -0.2) is 43.5 Å². The molecule has 0 aliphatic carbocycles. The van der Waals surface area contributed by atoms with Crippen molar-refractivity contribution in [2.24, 2.45) is 11.5 Å². The Balaban J connectivity index is 2.31. The number of hydrogen-bond acceptors (Lipinski definition) is 4. The second-order valence-electron chi connectivity index (χ2n) is 4.77. The van der Waals surface area contributed by atoms with Crippen molar-refractivity contribution in [3.63, 3.8) is 0 Å². The molecule has 0 saturated carbocycles. The van der Waals surface area contributed by atoms with E-state index < -0.39 is 12.1 Å². The predicted octanol–water partition coefficient (Wildman–Crippen LogP) is -0.752. The molecular formula is C15H20N6O4. The normalized spacial score (nSPS) is 10.1. The Morgan fingerprint density at radius 1 is 0.920 bits per heavy atom. The lowest BCUT2D eigenvalue weighted by atomic mass is 10.2. The molecule has 25 heavy (non-hydrogen) atoms. The van der Waals surface area contributed by atoms with E-state index in [4.69, 9.17) is 11.5 Å². The lowest BCUT2D eigenvalue weighted by molar-refractivity contribution is -0.119. The lowest BCUT2D eigenvalue weighted by Crippen LogP contribution is -2.39. The molecule has 0 heterocycles. The van der Waals surface area contributed by atoms with Gasteiger partial charge >= 0.3 is 12.1 Å². The fraction of sp³-hybridized carbons (Fsp3) is 0.200. The minimum atomic E-state index is -0.775. The number of amides is 6. The Kier molecular flexibility index (Phi) is 8.00. The average molecular weight is 348 g/mol. The monoisotopic (exact) mass is 348 g/mol. The van der Waals surface area contributed by atoms with E-state index in [1.54, 1.807) is 30.4 Å². The fourth-order valence-corrected chi connectivity index (χ4v) is 1.70.